The van der Waals surface area contributed by atoms with Crippen molar-refractivity contribution in [2.75, 3.05) is 23.0 Å². The molecule has 250 valence electrons. The van der Waals surface area contributed by atoms with Gasteiger partial charge in [0.1, 0.15) is 0 Å². The number of benzene rings is 3. The van der Waals surface area contributed by atoms with Crippen LogP contribution in [-0.2, 0) is 42.6 Å². The summed E-state index contributed by atoms with van der Waals surface area (Å²) in [5, 5.41) is 33.2. The zero-order valence-electron chi connectivity index (χ0n) is 26.5. The van der Waals surface area contributed by atoms with Crippen LogP contribution in [0, 0.1) is 16.0 Å². The van der Waals surface area contributed by atoms with Crippen molar-refractivity contribution in [1.82, 2.24) is 4.90 Å². The van der Waals surface area contributed by atoms with Gasteiger partial charge in [-0.3, -0.25) is 34.2 Å². The normalized spacial score (nSPS) is 19.2. The molecule has 48 heavy (non-hydrogen) atoms. The Morgan fingerprint density at radius 3 is 2.50 bits per heavy atom. The highest BCUT2D eigenvalue weighted by molar-refractivity contribution is 6.07. The summed E-state index contributed by atoms with van der Waals surface area (Å²) in [6, 6.07) is 19.9. The van der Waals surface area contributed by atoms with Gasteiger partial charge in [0.2, 0.25) is 11.8 Å². The fourth-order valence-electron chi connectivity index (χ4n) is 6.03. The Kier molecular flexibility index (Phi) is 10.0. The number of nitro benzene ring substituents is 1. The Balaban J connectivity index is 1.38. The highest BCUT2D eigenvalue weighted by Gasteiger charge is 2.53. The molecule has 5 rings (SSSR count). The number of rotatable bonds is 13. The molecule has 0 radical (unpaired) electrons. The third kappa shape index (κ3) is 6.82. The molecule has 13 nitrogen and oxygen atoms in total. The van der Waals surface area contributed by atoms with E-state index in [9.17, 15) is 39.5 Å². The molecule has 3 aromatic carbocycles. The van der Waals surface area contributed by atoms with E-state index in [0.29, 0.717) is 17.8 Å². The molecule has 0 aromatic heterocycles. The minimum Gasteiger partial charge on any atom is -0.441 e. The fraction of sp³-hybridized carbons (Fsp3) is 0.314. The summed E-state index contributed by atoms with van der Waals surface area (Å²) in [5.41, 5.74) is -0.210. The number of carbonyl (C=O) groups is 4. The highest BCUT2D eigenvalue weighted by Crippen LogP contribution is 2.47. The Hall–Kier alpha value is -5.40. The Morgan fingerprint density at radius 1 is 1.10 bits per heavy atom. The first-order chi connectivity index (χ1) is 22.9. The van der Waals surface area contributed by atoms with Gasteiger partial charge in [0, 0.05) is 55.7 Å². The molecular weight excluding hydrogens is 620 g/mol. The smallest absolute Gasteiger partial charge is 0.304 e. The second-order valence-corrected chi connectivity index (χ2v) is 11.8. The van der Waals surface area contributed by atoms with Crippen molar-refractivity contribution in [2.45, 2.75) is 51.6 Å². The van der Waals surface area contributed by atoms with Gasteiger partial charge in [-0.15, -0.1) is 0 Å². The summed E-state index contributed by atoms with van der Waals surface area (Å²) < 4.78 is 5.22. The fourth-order valence-corrected chi connectivity index (χ4v) is 6.03. The number of non-ortho nitro benzene ring substituents is 1. The van der Waals surface area contributed by atoms with Gasteiger partial charge in [-0.05, 0) is 29.3 Å². The summed E-state index contributed by atoms with van der Waals surface area (Å²) >= 11 is 0. The third-order valence-corrected chi connectivity index (χ3v) is 8.52. The number of hydrogen-bond acceptors (Lipinski definition) is 9. The molecule has 0 spiro atoms. The Bertz CT molecular complexity index is 1760. The van der Waals surface area contributed by atoms with Crippen molar-refractivity contribution in [3.63, 3.8) is 0 Å². The largest absolute Gasteiger partial charge is 0.441 e. The number of hydrogen-bond donors (Lipinski definition) is 2. The predicted octanol–water partition coefficient (Wildman–Crippen LogP) is 3.56. The summed E-state index contributed by atoms with van der Waals surface area (Å²) in [7, 11) is 0. The molecule has 1 saturated heterocycles. The van der Waals surface area contributed by atoms with Crippen molar-refractivity contribution >= 4 is 40.8 Å². The molecular formula is C35H36N4O9. The minimum atomic E-state index is -2.19. The van der Waals surface area contributed by atoms with E-state index in [-0.39, 0.29) is 61.3 Å². The number of ether oxygens (including phenoxy) is 1. The SMILES string of the molecule is CC(=O)OC1CC(=O)N1c1cccc(CN2C(=O)[C@@](O)([C@@H](C)/C=C/CC(=O)N(CCO)Cc3ccccc3)c3cc([N+](=O)[O-])ccc32)c1. The van der Waals surface area contributed by atoms with Crippen molar-refractivity contribution < 1.29 is 39.1 Å². The number of amides is 3. The summed E-state index contributed by atoms with van der Waals surface area (Å²) in [6.07, 6.45) is 2.33. The van der Waals surface area contributed by atoms with E-state index in [2.05, 4.69) is 0 Å². The lowest BCUT2D eigenvalue weighted by Crippen LogP contribution is -2.54. The van der Waals surface area contributed by atoms with Crippen LogP contribution >= 0.6 is 0 Å². The van der Waals surface area contributed by atoms with Gasteiger partial charge in [-0.25, -0.2) is 0 Å². The van der Waals surface area contributed by atoms with Gasteiger partial charge in [-0.1, -0.05) is 61.5 Å². The second-order valence-electron chi connectivity index (χ2n) is 11.8. The van der Waals surface area contributed by atoms with Crippen LogP contribution in [0.3, 0.4) is 0 Å². The maximum atomic E-state index is 14.1. The average Bonchev–Trinajstić information content (AvgIpc) is 3.26. The van der Waals surface area contributed by atoms with Crippen LogP contribution in [0.2, 0.25) is 0 Å². The topological polar surface area (TPSA) is 171 Å². The first kappa shape index (κ1) is 33.9. The lowest BCUT2D eigenvalue weighted by Gasteiger charge is -2.39. The molecule has 1 unspecified atom stereocenters. The summed E-state index contributed by atoms with van der Waals surface area (Å²) in [5.74, 6) is -2.64. The molecule has 1 fully saturated rings. The number of aliphatic hydroxyl groups excluding tert-OH is 1. The number of nitro groups is 1. The molecule has 2 heterocycles. The lowest BCUT2D eigenvalue weighted by molar-refractivity contribution is -0.385. The molecule has 13 heteroatoms. The van der Waals surface area contributed by atoms with Gasteiger partial charge in [0.05, 0.1) is 30.2 Å². The number of esters is 1. The Morgan fingerprint density at radius 2 is 1.83 bits per heavy atom. The minimum absolute atomic E-state index is 0.0371. The third-order valence-electron chi connectivity index (χ3n) is 8.52. The second kappa shape index (κ2) is 14.2. The maximum Gasteiger partial charge on any atom is 0.304 e. The first-order valence-electron chi connectivity index (χ1n) is 15.4. The monoisotopic (exact) mass is 656 g/mol. The molecule has 2 N–H and O–H groups in total. The molecule has 3 amide bonds. The number of nitrogens with zero attached hydrogens (tertiary/aromatic N) is 4. The van der Waals surface area contributed by atoms with E-state index in [1.54, 1.807) is 37.3 Å². The molecule has 2 aliphatic rings. The van der Waals surface area contributed by atoms with Crippen LogP contribution in [0.1, 0.15) is 43.4 Å². The van der Waals surface area contributed by atoms with E-state index >= 15 is 0 Å². The van der Waals surface area contributed by atoms with Gasteiger partial charge in [0.25, 0.3) is 11.6 Å². The van der Waals surface area contributed by atoms with Crippen molar-refractivity contribution in [2.24, 2.45) is 5.92 Å². The van der Waals surface area contributed by atoms with Gasteiger partial charge >= 0.3 is 5.97 Å². The predicted molar refractivity (Wildman–Crippen MR) is 174 cm³/mol. The van der Waals surface area contributed by atoms with Crippen LogP contribution in [0.25, 0.3) is 0 Å². The zero-order chi connectivity index (χ0) is 34.6. The standard InChI is InChI=1S/C35H36N4O9/c1-23(8-6-13-31(42)36(16-17-40)21-25-9-4-3-5-10-25)35(45)29-19-28(39(46)47)14-15-30(29)37(34(35)44)22-26-11-7-12-27(18-26)38-32(43)20-33(38)48-24(2)41/h3-12,14-15,18-19,23,33,40,45H,13,16-17,20-22H2,1-2H3/b8-6+/t23-,33?,35+/m0/s1. The Labute approximate surface area is 276 Å². The van der Waals surface area contributed by atoms with Crippen LogP contribution in [0.4, 0.5) is 17.1 Å². The van der Waals surface area contributed by atoms with Gasteiger partial charge in [-0.2, -0.15) is 0 Å². The van der Waals surface area contributed by atoms with Gasteiger partial charge < -0.3 is 24.7 Å². The van der Waals surface area contributed by atoms with Crippen molar-refractivity contribution in [1.29, 1.82) is 0 Å². The quantitative estimate of drug-likeness (QED) is 0.0918. The molecule has 3 aromatic rings. The van der Waals surface area contributed by atoms with E-state index in [4.69, 9.17) is 4.74 Å². The van der Waals surface area contributed by atoms with E-state index in [0.717, 1.165) is 5.56 Å². The highest BCUT2D eigenvalue weighted by atomic mass is 16.6. The van der Waals surface area contributed by atoms with Crippen LogP contribution in [-0.4, -0.2) is 63.1 Å². The number of carbonyl (C=O) groups excluding carboxylic acids is 4. The number of β-lactam (4-membered cyclic amide) rings is 1. The number of anilines is 2. The van der Waals surface area contributed by atoms with Crippen molar-refractivity contribution in [3.05, 3.63) is 112 Å². The molecule has 0 bridgehead atoms. The molecule has 3 atom stereocenters. The first-order valence-corrected chi connectivity index (χ1v) is 15.4. The van der Waals surface area contributed by atoms with E-state index < -0.39 is 34.5 Å². The zero-order valence-corrected chi connectivity index (χ0v) is 26.5. The average molecular weight is 657 g/mol. The molecule has 0 saturated carbocycles. The van der Waals surface area contributed by atoms with Crippen molar-refractivity contribution in [3.8, 4) is 0 Å². The van der Waals surface area contributed by atoms with Crippen LogP contribution in [0.5, 0.6) is 0 Å². The van der Waals surface area contributed by atoms with E-state index in [1.807, 2.05) is 30.3 Å². The number of aliphatic hydroxyl groups is 2. The molecule has 0 aliphatic carbocycles. The lowest BCUT2D eigenvalue weighted by atomic mass is 9.82. The number of fused-ring (bicyclic) bond motifs is 1. The molecule has 2 aliphatic heterocycles. The maximum absolute atomic E-state index is 14.1. The summed E-state index contributed by atoms with van der Waals surface area (Å²) in [4.78, 5) is 66.2. The van der Waals surface area contributed by atoms with E-state index in [1.165, 1.54) is 45.9 Å². The van der Waals surface area contributed by atoms with Crippen LogP contribution < -0.4 is 9.80 Å². The van der Waals surface area contributed by atoms with Crippen LogP contribution in [0.15, 0.2) is 84.9 Å². The summed E-state index contributed by atoms with van der Waals surface area (Å²) in [6.45, 7) is 3.02. The van der Waals surface area contributed by atoms with Gasteiger partial charge in [0.15, 0.2) is 11.8 Å².